The molecule has 0 amide bonds. The minimum atomic E-state index is -0.286. The highest BCUT2D eigenvalue weighted by Crippen LogP contribution is 2.25. The summed E-state index contributed by atoms with van der Waals surface area (Å²) in [6.07, 6.45) is 0. The Kier molecular flexibility index (Phi) is 6.06. The first-order valence-corrected chi connectivity index (χ1v) is 10.8. The second-order valence-corrected chi connectivity index (χ2v) is 7.92. The summed E-state index contributed by atoms with van der Waals surface area (Å²) >= 11 is 7.36. The molecule has 0 aliphatic rings. The highest BCUT2D eigenvalue weighted by molar-refractivity contribution is 7.99. The van der Waals surface area contributed by atoms with E-state index in [9.17, 15) is 4.79 Å². The van der Waals surface area contributed by atoms with E-state index in [-0.39, 0.29) is 11.7 Å². The van der Waals surface area contributed by atoms with Crippen molar-refractivity contribution in [2.75, 3.05) is 12.4 Å². The second-order valence-electron chi connectivity index (χ2n) is 6.54. The zero-order valence-electron chi connectivity index (χ0n) is 16.6. The van der Waals surface area contributed by atoms with Gasteiger partial charge in [-0.3, -0.25) is 9.36 Å². The quantitative estimate of drug-likeness (QED) is 0.314. The fraction of sp³-hybridized carbons (Fsp3) is 0.238. The average molecular weight is 442 g/mol. The Morgan fingerprint density at radius 1 is 1.13 bits per heavy atom. The molecule has 0 unspecified atom stereocenters. The molecular weight excluding hydrogens is 422 g/mol. The molecule has 0 radical (unpaired) electrons. The molecule has 2 aromatic heterocycles. The standard InChI is InChI=1S/C21H20ClN5O2S/c1-3-29-20(28)13-30-21-25-24-19(27(21)16-10-8-15(22)9-11-16)12-26-14(2)23-17-6-4-5-7-18(17)26/h4-11H,3,12-13H2,1-2H3. The summed E-state index contributed by atoms with van der Waals surface area (Å²) in [5.74, 6) is 1.50. The molecule has 9 heteroatoms. The molecule has 0 saturated heterocycles. The molecule has 154 valence electrons. The molecule has 0 fully saturated rings. The lowest BCUT2D eigenvalue weighted by atomic mass is 10.3. The Morgan fingerprint density at radius 3 is 2.67 bits per heavy atom. The number of para-hydroxylation sites is 2. The number of imidazole rings is 1. The van der Waals surface area contributed by atoms with Gasteiger partial charge >= 0.3 is 5.97 Å². The second kappa shape index (κ2) is 8.89. The van der Waals surface area contributed by atoms with Crippen LogP contribution in [-0.4, -0.2) is 42.6 Å². The molecule has 0 atom stereocenters. The van der Waals surface area contributed by atoms with Crippen LogP contribution in [0.1, 0.15) is 18.6 Å². The fourth-order valence-corrected chi connectivity index (χ4v) is 4.10. The van der Waals surface area contributed by atoms with Gasteiger partial charge in [-0.15, -0.1) is 10.2 Å². The monoisotopic (exact) mass is 441 g/mol. The predicted octanol–water partition coefficient (Wildman–Crippen LogP) is 4.28. The van der Waals surface area contributed by atoms with Gasteiger partial charge in [-0.25, -0.2) is 4.98 Å². The molecule has 0 saturated carbocycles. The SMILES string of the molecule is CCOC(=O)CSc1nnc(Cn2c(C)nc3ccccc32)n1-c1ccc(Cl)cc1. The van der Waals surface area contributed by atoms with Crippen LogP contribution < -0.4 is 0 Å². The molecule has 0 spiro atoms. The molecule has 2 heterocycles. The van der Waals surface area contributed by atoms with Gasteiger partial charge < -0.3 is 9.30 Å². The van der Waals surface area contributed by atoms with Crippen LogP contribution in [0, 0.1) is 6.92 Å². The van der Waals surface area contributed by atoms with Gasteiger partial charge in [0, 0.05) is 10.7 Å². The minimum Gasteiger partial charge on any atom is -0.465 e. The number of hydrogen-bond donors (Lipinski definition) is 0. The number of hydrogen-bond acceptors (Lipinski definition) is 6. The number of carbonyl (C=O) groups is 1. The number of esters is 1. The predicted molar refractivity (Wildman–Crippen MR) is 117 cm³/mol. The van der Waals surface area contributed by atoms with E-state index in [1.807, 2.05) is 60.0 Å². The van der Waals surface area contributed by atoms with Gasteiger partial charge in [-0.1, -0.05) is 35.5 Å². The minimum absolute atomic E-state index is 0.159. The van der Waals surface area contributed by atoms with Gasteiger partial charge in [0.15, 0.2) is 11.0 Å². The number of ether oxygens (including phenoxy) is 1. The summed E-state index contributed by atoms with van der Waals surface area (Å²) in [4.78, 5) is 16.5. The molecule has 0 bridgehead atoms. The first kappa shape index (κ1) is 20.4. The third-order valence-corrected chi connectivity index (χ3v) is 5.71. The first-order valence-electron chi connectivity index (χ1n) is 9.47. The number of aryl methyl sites for hydroxylation is 1. The van der Waals surface area contributed by atoms with Crippen LogP contribution in [0.2, 0.25) is 5.02 Å². The highest BCUT2D eigenvalue weighted by atomic mass is 35.5. The first-order chi connectivity index (χ1) is 14.6. The zero-order valence-corrected chi connectivity index (χ0v) is 18.2. The van der Waals surface area contributed by atoms with Crippen LogP contribution in [0.3, 0.4) is 0 Å². The fourth-order valence-electron chi connectivity index (χ4n) is 3.21. The number of fused-ring (bicyclic) bond motifs is 1. The number of rotatable bonds is 7. The molecule has 4 rings (SSSR count). The Hall–Kier alpha value is -2.84. The topological polar surface area (TPSA) is 74.8 Å². The van der Waals surface area contributed by atoms with E-state index in [1.165, 1.54) is 11.8 Å². The van der Waals surface area contributed by atoms with Crippen LogP contribution >= 0.6 is 23.4 Å². The summed E-state index contributed by atoms with van der Waals surface area (Å²) in [7, 11) is 0. The van der Waals surface area contributed by atoms with Crippen molar-refractivity contribution < 1.29 is 9.53 Å². The van der Waals surface area contributed by atoms with Gasteiger partial charge in [0.05, 0.1) is 29.9 Å². The van der Waals surface area contributed by atoms with Crippen molar-refractivity contribution in [2.45, 2.75) is 25.5 Å². The van der Waals surface area contributed by atoms with E-state index in [0.717, 1.165) is 28.4 Å². The maximum atomic E-state index is 11.8. The van der Waals surface area contributed by atoms with Crippen LogP contribution in [0.25, 0.3) is 16.7 Å². The van der Waals surface area contributed by atoms with Gasteiger partial charge in [0.2, 0.25) is 0 Å². The number of nitrogens with zero attached hydrogens (tertiary/aromatic N) is 5. The largest absolute Gasteiger partial charge is 0.465 e. The van der Waals surface area contributed by atoms with Gasteiger partial charge in [0.1, 0.15) is 5.82 Å². The van der Waals surface area contributed by atoms with Gasteiger partial charge in [-0.05, 0) is 50.2 Å². The van der Waals surface area contributed by atoms with E-state index in [1.54, 1.807) is 6.92 Å². The molecule has 30 heavy (non-hydrogen) atoms. The van der Waals surface area contributed by atoms with E-state index >= 15 is 0 Å². The molecule has 0 aliphatic heterocycles. The Morgan fingerprint density at radius 2 is 1.90 bits per heavy atom. The van der Waals surface area contributed by atoms with Crippen molar-refractivity contribution in [3.05, 3.63) is 65.2 Å². The van der Waals surface area contributed by atoms with Crippen molar-refractivity contribution in [2.24, 2.45) is 0 Å². The van der Waals surface area contributed by atoms with Crippen molar-refractivity contribution in [3.63, 3.8) is 0 Å². The smallest absolute Gasteiger partial charge is 0.316 e. The zero-order chi connectivity index (χ0) is 21.1. The summed E-state index contributed by atoms with van der Waals surface area (Å²) in [6.45, 7) is 4.59. The summed E-state index contributed by atoms with van der Waals surface area (Å²) in [5, 5.41) is 10.0. The molecule has 0 N–H and O–H groups in total. The van der Waals surface area contributed by atoms with Crippen molar-refractivity contribution in [1.29, 1.82) is 0 Å². The summed E-state index contributed by atoms with van der Waals surface area (Å²) in [5.41, 5.74) is 2.83. The third-order valence-electron chi connectivity index (χ3n) is 4.55. The number of aromatic nitrogens is 5. The maximum Gasteiger partial charge on any atom is 0.316 e. The van der Waals surface area contributed by atoms with E-state index in [0.29, 0.717) is 23.3 Å². The van der Waals surface area contributed by atoms with E-state index in [2.05, 4.69) is 19.7 Å². The van der Waals surface area contributed by atoms with Crippen LogP contribution in [-0.2, 0) is 16.1 Å². The van der Waals surface area contributed by atoms with Crippen molar-refractivity contribution >= 4 is 40.4 Å². The number of benzene rings is 2. The summed E-state index contributed by atoms with van der Waals surface area (Å²) < 4.78 is 9.08. The maximum absolute atomic E-state index is 11.8. The lowest BCUT2D eigenvalue weighted by Gasteiger charge is -2.12. The van der Waals surface area contributed by atoms with Crippen molar-refractivity contribution in [3.8, 4) is 5.69 Å². The van der Waals surface area contributed by atoms with E-state index in [4.69, 9.17) is 16.3 Å². The van der Waals surface area contributed by atoms with Crippen molar-refractivity contribution in [1.82, 2.24) is 24.3 Å². The van der Waals surface area contributed by atoms with Gasteiger partial charge in [-0.2, -0.15) is 0 Å². The summed E-state index contributed by atoms with van der Waals surface area (Å²) in [6, 6.07) is 15.4. The molecule has 2 aromatic carbocycles. The average Bonchev–Trinajstić information content (AvgIpc) is 3.28. The third kappa shape index (κ3) is 4.20. The lowest BCUT2D eigenvalue weighted by molar-refractivity contribution is -0.139. The number of thioether (sulfide) groups is 1. The Balaban J connectivity index is 1.72. The van der Waals surface area contributed by atoms with Crippen LogP contribution in [0.15, 0.2) is 53.7 Å². The van der Waals surface area contributed by atoms with Gasteiger partial charge in [0.25, 0.3) is 0 Å². The number of carbonyl (C=O) groups excluding carboxylic acids is 1. The van der Waals surface area contributed by atoms with Crippen LogP contribution in [0.5, 0.6) is 0 Å². The highest BCUT2D eigenvalue weighted by Gasteiger charge is 2.18. The number of halogens is 1. The molecule has 0 aliphatic carbocycles. The Bertz CT molecular complexity index is 1190. The molecular formula is C21H20ClN5O2S. The molecule has 7 nitrogen and oxygen atoms in total. The van der Waals surface area contributed by atoms with E-state index < -0.39 is 0 Å². The Labute approximate surface area is 183 Å². The van der Waals surface area contributed by atoms with Crippen LogP contribution in [0.4, 0.5) is 0 Å². The lowest BCUT2D eigenvalue weighted by Crippen LogP contribution is -2.11. The molecule has 4 aromatic rings. The normalized spacial score (nSPS) is 11.2.